The summed E-state index contributed by atoms with van der Waals surface area (Å²) in [5.41, 5.74) is -0.853. The lowest BCUT2D eigenvalue weighted by molar-refractivity contribution is -0.383. The van der Waals surface area contributed by atoms with Crippen LogP contribution >= 0.6 is 0 Å². The Balaban J connectivity index is 2.36. The maximum absolute atomic E-state index is 11.4. The van der Waals surface area contributed by atoms with E-state index < -0.39 is 29.3 Å². The van der Waals surface area contributed by atoms with Crippen LogP contribution in [0.25, 0.3) is 0 Å². The molecule has 1 aromatic rings. The number of hydrogen-bond acceptors (Lipinski definition) is 6. The van der Waals surface area contributed by atoms with Crippen molar-refractivity contribution in [3.63, 3.8) is 0 Å². The summed E-state index contributed by atoms with van der Waals surface area (Å²) in [7, 11) is 0.357. The number of carbonyl (C=O) groups is 1. The molecule has 0 bridgehead atoms. The van der Waals surface area contributed by atoms with Crippen LogP contribution in [0.5, 0.6) is 0 Å². The van der Waals surface area contributed by atoms with E-state index in [2.05, 4.69) is 10.1 Å². The Bertz CT molecular complexity index is 630. The van der Waals surface area contributed by atoms with Crippen molar-refractivity contribution in [1.29, 1.82) is 0 Å². The van der Waals surface area contributed by atoms with E-state index in [1.165, 1.54) is 25.3 Å². The molecule has 1 aliphatic heterocycles. The molecule has 1 saturated heterocycles. The highest BCUT2D eigenvalue weighted by molar-refractivity contribution is 6.63. The minimum Gasteiger partial charge on any atom is -0.453 e. The molecule has 1 fully saturated rings. The summed E-state index contributed by atoms with van der Waals surface area (Å²) in [5, 5.41) is 13.7. The predicted octanol–water partition coefficient (Wildman–Crippen LogP) is 2.07. The number of nitro benzene ring substituents is 1. The zero-order chi connectivity index (χ0) is 17.4. The van der Waals surface area contributed by atoms with Gasteiger partial charge >= 0.3 is 13.2 Å². The minimum atomic E-state index is -0.854. The van der Waals surface area contributed by atoms with E-state index in [1.807, 2.05) is 27.7 Å². The Labute approximate surface area is 134 Å². The third-order valence-electron chi connectivity index (χ3n) is 4.17. The second-order valence-electron chi connectivity index (χ2n) is 6.24. The normalized spacial score (nSPS) is 18.6. The van der Waals surface area contributed by atoms with E-state index in [9.17, 15) is 14.9 Å². The Morgan fingerprint density at radius 3 is 2.30 bits per heavy atom. The fourth-order valence-corrected chi connectivity index (χ4v) is 2.12. The molecule has 1 aromatic carbocycles. The number of rotatable bonds is 3. The quantitative estimate of drug-likeness (QED) is 0.519. The molecule has 1 amide bonds. The summed E-state index contributed by atoms with van der Waals surface area (Å²) in [6, 6.07) is 4.28. The van der Waals surface area contributed by atoms with Crippen molar-refractivity contribution in [3.05, 3.63) is 28.3 Å². The van der Waals surface area contributed by atoms with Crippen molar-refractivity contribution in [3.8, 4) is 0 Å². The molecule has 0 unspecified atom stereocenters. The summed E-state index contributed by atoms with van der Waals surface area (Å²) in [4.78, 5) is 22.0. The van der Waals surface area contributed by atoms with E-state index in [0.29, 0.717) is 5.46 Å². The highest BCUT2D eigenvalue weighted by Crippen LogP contribution is 2.37. The summed E-state index contributed by atoms with van der Waals surface area (Å²) < 4.78 is 16.2. The van der Waals surface area contributed by atoms with Crippen molar-refractivity contribution in [2.45, 2.75) is 38.9 Å². The Morgan fingerprint density at radius 1 is 1.26 bits per heavy atom. The molecule has 1 aliphatic rings. The van der Waals surface area contributed by atoms with Gasteiger partial charge in [-0.3, -0.25) is 15.4 Å². The first-order valence-electron chi connectivity index (χ1n) is 7.06. The molecular weight excluding hydrogens is 303 g/mol. The van der Waals surface area contributed by atoms with Gasteiger partial charge in [-0.25, -0.2) is 4.79 Å². The standard InChI is InChI=1S/C14H19BN2O6/c1-13(2)14(3,4)23-15(22-13)10-7-6-9(16-12(18)21-5)8-11(10)17(19)20/h6-8H,1-5H3,(H,16,18). The zero-order valence-corrected chi connectivity index (χ0v) is 13.7. The number of nitro groups is 1. The van der Waals surface area contributed by atoms with Crippen molar-refractivity contribution in [2.24, 2.45) is 0 Å². The fraction of sp³-hybridized carbons (Fsp3) is 0.500. The highest BCUT2D eigenvalue weighted by atomic mass is 16.7. The Hall–Kier alpha value is -2.13. The van der Waals surface area contributed by atoms with E-state index in [0.717, 1.165) is 0 Å². The maximum atomic E-state index is 11.4. The van der Waals surface area contributed by atoms with Gasteiger partial charge in [-0.2, -0.15) is 0 Å². The van der Waals surface area contributed by atoms with Crippen LogP contribution < -0.4 is 10.8 Å². The highest BCUT2D eigenvalue weighted by Gasteiger charge is 2.53. The van der Waals surface area contributed by atoms with Gasteiger partial charge in [0.05, 0.1) is 34.4 Å². The first-order chi connectivity index (χ1) is 10.6. The van der Waals surface area contributed by atoms with Crippen LogP contribution in [-0.4, -0.2) is 36.4 Å². The molecule has 124 valence electrons. The molecular formula is C14H19BN2O6. The molecule has 1 N–H and O–H groups in total. The molecule has 8 nitrogen and oxygen atoms in total. The average molecular weight is 322 g/mol. The van der Waals surface area contributed by atoms with E-state index >= 15 is 0 Å². The monoisotopic (exact) mass is 322 g/mol. The van der Waals surface area contributed by atoms with Gasteiger partial charge in [0.2, 0.25) is 0 Å². The molecule has 2 rings (SSSR count). The van der Waals surface area contributed by atoms with E-state index in [-0.39, 0.29) is 11.4 Å². The van der Waals surface area contributed by atoms with Crippen LogP contribution in [0.4, 0.5) is 16.2 Å². The number of methoxy groups -OCH3 is 1. The average Bonchev–Trinajstić information content (AvgIpc) is 2.67. The largest absolute Gasteiger partial charge is 0.501 e. The van der Waals surface area contributed by atoms with Gasteiger partial charge in [0.1, 0.15) is 0 Å². The van der Waals surface area contributed by atoms with Crippen molar-refractivity contribution in [1.82, 2.24) is 0 Å². The summed E-state index contributed by atoms with van der Waals surface area (Å²) in [5.74, 6) is 0. The summed E-state index contributed by atoms with van der Waals surface area (Å²) >= 11 is 0. The molecule has 23 heavy (non-hydrogen) atoms. The number of benzene rings is 1. The number of carbonyl (C=O) groups excluding carboxylic acids is 1. The maximum Gasteiger partial charge on any atom is 0.501 e. The summed E-state index contributed by atoms with van der Waals surface area (Å²) in [6.45, 7) is 7.47. The van der Waals surface area contributed by atoms with E-state index in [1.54, 1.807) is 0 Å². The van der Waals surface area contributed by atoms with Crippen molar-refractivity contribution >= 4 is 30.0 Å². The summed E-state index contributed by atoms with van der Waals surface area (Å²) in [6.07, 6.45) is -0.706. The number of nitrogens with one attached hydrogen (secondary N) is 1. The number of nitrogens with zero attached hydrogens (tertiary/aromatic N) is 1. The molecule has 0 radical (unpaired) electrons. The number of ether oxygens (including phenoxy) is 1. The molecule has 0 aliphatic carbocycles. The van der Waals surface area contributed by atoms with Crippen LogP contribution in [0.1, 0.15) is 27.7 Å². The van der Waals surface area contributed by atoms with Gasteiger partial charge in [-0.15, -0.1) is 0 Å². The van der Waals surface area contributed by atoms with Crippen molar-refractivity contribution in [2.75, 3.05) is 12.4 Å². The first kappa shape index (κ1) is 17.2. The Morgan fingerprint density at radius 2 is 1.83 bits per heavy atom. The minimum absolute atomic E-state index is 0.197. The second kappa shape index (κ2) is 5.82. The van der Waals surface area contributed by atoms with Crippen LogP contribution in [0.15, 0.2) is 18.2 Å². The van der Waals surface area contributed by atoms with Crippen LogP contribution in [-0.2, 0) is 14.0 Å². The van der Waals surface area contributed by atoms with Gasteiger partial charge in [0, 0.05) is 6.07 Å². The van der Waals surface area contributed by atoms with Crippen LogP contribution in [0.3, 0.4) is 0 Å². The van der Waals surface area contributed by atoms with Crippen molar-refractivity contribution < 1.29 is 23.8 Å². The van der Waals surface area contributed by atoms with Gasteiger partial charge in [0.15, 0.2) is 0 Å². The number of anilines is 1. The molecule has 9 heteroatoms. The molecule has 0 spiro atoms. The van der Waals surface area contributed by atoms with Crippen LogP contribution in [0, 0.1) is 10.1 Å². The van der Waals surface area contributed by atoms with Gasteiger partial charge in [-0.05, 0) is 33.8 Å². The predicted molar refractivity (Wildman–Crippen MR) is 84.8 cm³/mol. The zero-order valence-electron chi connectivity index (χ0n) is 13.7. The third kappa shape index (κ3) is 3.30. The van der Waals surface area contributed by atoms with Gasteiger partial charge in [0.25, 0.3) is 5.69 Å². The lowest BCUT2D eigenvalue weighted by Crippen LogP contribution is -2.41. The SMILES string of the molecule is COC(=O)Nc1ccc(B2OC(C)(C)C(C)(C)O2)c([N+](=O)[O-])c1. The number of amides is 1. The molecule has 0 aromatic heterocycles. The lowest BCUT2D eigenvalue weighted by Gasteiger charge is -2.32. The van der Waals surface area contributed by atoms with E-state index in [4.69, 9.17) is 9.31 Å². The molecule has 0 atom stereocenters. The van der Waals surface area contributed by atoms with Gasteiger partial charge in [-0.1, -0.05) is 6.07 Å². The Kier molecular flexibility index (Phi) is 4.36. The molecule has 0 saturated carbocycles. The lowest BCUT2D eigenvalue weighted by atomic mass is 9.77. The fourth-order valence-electron chi connectivity index (χ4n) is 2.12. The topological polar surface area (TPSA) is 99.9 Å². The molecule has 1 heterocycles. The first-order valence-corrected chi connectivity index (χ1v) is 7.06. The smallest absolute Gasteiger partial charge is 0.453 e. The van der Waals surface area contributed by atoms with Crippen LogP contribution in [0.2, 0.25) is 0 Å². The number of hydrogen-bond donors (Lipinski definition) is 1. The van der Waals surface area contributed by atoms with Gasteiger partial charge < -0.3 is 14.0 Å². The second-order valence-corrected chi connectivity index (χ2v) is 6.24. The third-order valence-corrected chi connectivity index (χ3v) is 4.17.